The van der Waals surface area contributed by atoms with E-state index < -0.39 is 17.9 Å². The second kappa shape index (κ2) is 9.07. The molecule has 0 radical (unpaired) electrons. The number of benzene rings is 2. The number of anilines is 1. The minimum absolute atomic E-state index is 0.116. The van der Waals surface area contributed by atoms with Gasteiger partial charge in [-0.05, 0) is 48.9 Å². The molecule has 0 saturated carbocycles. The number of Topliss-reactive ketones (excluding diaryl/α,β-unsaturated/α-hetero) is 1. The van der Waals surface area contributed by atoms with Crippen molar-refractivity contribution in [3.8, 4) is 0 Å². The Morgan fingerprint density at radius 3 is 2.30 bits per heavy atom. The predicted molar refractivity (Wildman–Crippen MR) is 99.9 cm³/mol. The molecule has 27 heavy (non-hydrogen) atoms. The topological polar surface area (TPSA) is 72.5 Å². The van der Waals surface area contributed by atoms with Crippen molar-refractivity contribution in [2.45, 2.75) is 33.3 Å². The molecule has 6 heteroatoms. The standard InChI is InChI=1S/C21H22FNO4/c1-13(2)21(26)23-18-9-7-16(8-10-18)20(25)14(3)27-19(24)12-15-5-4-6-17(22)11-15/h4-11,13-14H,12H2,1-3H3,(H,23,26). The molecule has 2 aromatic carbocycles. The molecule has 1 unspecified atom stereocenters. The lowest BCUT2D eigenvalue weighted by atomic mass is 10.1. The number of nitrogens with one attached hydrogen (secondary N) is 1. The Morgan fingerprint density at radius 1 is 1.04 bits per heavy atom. The number of carbonyl (C=O) groups excluding carboxylic acids is 3. The van der Waals surface area contributed by atoms with Crippen LogP contribution in [0.5, 0.6) is 0 Å². The molecule has 142 valence electrons. The number of halogens is 1. The number of ether oxygens (including phenoxy) is 1. The Hall–Kier alpha value is -3.02. The molecule has 0 aliphatic rings. The van der Waals surface area contributed by atoms with Crippen molar-refractivity contribution in [2.75, 3.05) is 5.32 Å². The molecule has 0 aliphatic carbocycles. The Bertz CT molecular complexity index is 830. The first kappa shape index (κ1) is 20.3. The molecule has 0 aromatic heterocycles. The van der Waals surface area contributed by atoms with E-state index in [1.807, 2.05) is 0 Å². The number of amides is 1. The molecule has 1 amide bonds. The van der Waals surface area contributed by atoms with Gasteiger partial charge in [-0.15, -0.1) is 0 Å². The summed E-state index contributed by atoms with van der Waals surface area (Å²) in [6.45, 7) is 5.06. The first-order chi connectivity index (χ1) is 12.8. The quantitative estimate of drug-likeness (QED) is 0.594. The summed E-state index contributed by atoms with van der Waals surface area (Å²) in [6.07, 6.45) is -1.09. The van der Waals surface area contributed by atoms with Crippen LogP contribution in [0.4, 0.5) is 10.1 Å². The Labute approximate surface area is 157 Å². The molecular formula is C21H22FNO4. The van der Waals surface area contributed by atoms with Crippen LogP contribution in [0.25, 0.3) is 0 Å². The number of hydrogen-bond acceptors (Lipinski definition) is 4. The predicted octanol–water partition coefficient (Wildman–Crippen LogP) is 3.78. The zero-order valence-electron chi connectivity index (χ0n) is 15.5. The molecule has 2 rings (SSSR count). The van der Waals surface area contributed by atoms with Gasteiger partial charge in [-0.25, -0.2) is 4.39 Å². The van der Waals surface area contributed by atoms with Crippen LogP contribution in [0.2, 0.25) is 0 Å². The monoisotopic (exact) mass is 371 g/mol. The number of esters is 1. The third-order valence-corrected chi connectivity index (χ3v) is 3.88. The van der Waals surface area contributed by atoms with Crippen LogP contribution in [0, 0.1) is 11.7 Å². The van der Waals surface area contributed by atoms with Gasteiger partial charge in [0.2, 0.25) is 11.7 Å². The molecule has 0 saturated heterocycles. The number of ketones is 1. The van der Waals surface area contributed by atoms with Crippen LogP contribution in [-0.2, 0) is 20.7 Å². The third-order valence-electron chi connectivity index (χ3n) is 3.88. The molecule has 1 atom stereocenters. The van der Waals surface area contributed by atoms with Crippen molar-refractivity contribution in [2.24, 2.45) is 5.92 Å². The summed E-state index contributed by atoms with van der Waals surface area (Å²) in [6, 6.07) is 12.0. The lowest BCUT2D eigenvalue weighted by Gasteiger charge is -2.13. The third kappa shape index (κ3) is 6.02. The second-order valence-electron chi connectivity index (χ2n) is 6.52. The highest BCUT2D eigenvalue weighted by molar-refractivity contribution is 6.01. The van der Waals surface area contributed by atoms with Crippen molar-refractivity contribution in [1.82, 2.24) is 0 Å². The molecule has 0 bridgehead atoms. The lowest BCUT2D eigenvalue weighted by molar-refractivity contribution is -0.145. The summed E-state index contributed by atoms with van der Waals surface area (Å²) in [5, 5.41) is 2.73. The molecule has 0 aliphatic heterocycles. The summed E-state index contributed by atoms with van der Waals surface area (Å²) in [7, 11) is 0. The lowest BCUT2D eigenvalue weighted by Crippen LogP contribution is -2.25. The van der Waals surface area contributed by atoms with E-state index in [4.69, 9.17) is 4.74 Å². The highest BCUT2D eigenvalue weighted by Gasteiger charge is 2.20. The van der Waals surface area contributed by atoms with Crippen LogP contribution in [0.3, 0.4) is 0 Å². The first-order valence-corrected chi connectivity index (χ1v) is 8.65. The molecule has 0 fully saturated rings. The average Bonchev–Trinajstić information content (AvgIpc) is 2.61. The number of rotatable bonds is 7. The van der Waals surface area contributed by atoms with Gasteiger partial charge in [-0.3, -0.25) is 14.4 Å². The average molecular weight is 371 g/mol. The summed E-state index contributed by atoms with van der Waals surface area (Å²) >= 11 is 0. The summed E-state index contributed by atoms with van der Waals surface area (Å²) in [4.78, 5) is 36.0. The van der Waals surface area contributed by atoms with Gasteiger partial charge in [0.25, 0.3) is 0 Å². The Balaban J connectivity index is 1.94. The van der Waals surface area contributed by atoms with E-state index in [1.165, 1.54) is 25.1 Å². The van der Waals surface area contributed by atoms with E-state index in [1.54, 1.807) is 44.2 Å². The van der Waals surface area contributed by atoms with Crippen LogP contribution in [0.1, 0.15) is 36.7 Å². The van der Waals surface area contributed by atoms with Gasteiger partial charge in [0.05, 0.1) is 6.42 Å². The maximum atomic E-state index is 13.2. The van der Waals surface area contributed by atoms with Crippen molar-refractivity contribution >= 4 is 23.3 Å². The zero-order chi connectivity index (χ0) is 20.0. The van der Waals surface area contributed by atoms with Crippen molar-refractivity contribution in [3.63, 3.8) is 0 Å². The first-order valence-electron chi connectivity index (χ1n) is 8.65. The largest absolute Gasteiger partial charge is 0.454 e. The van der Waals surface area contributed by atoms with Crippen LogP contribution in [0.15, 0.2) is 48.5 Å². The van der Waals surface area contributed by atoms with E-state index in [2.05, 4.69) is 5.32 Å². The van der Waals surface area contributed by atoms with Gasteiger partial charge < -0.3 is 10.1 Å². The van der Waals surface area contributed by atoms with Crippen LogP contribution >= 0.6 is 0 Å². The van der Waals surface area contributed by atoms with E-state index in [0.29, 0.717) is 16.8 Å². The van der Waals surface area contributed by atoms with Gasteiger partial charge >= 0.3 is 5.97 Å². The van der Waals surface area contributed by atoms with Gasteiger partial charge in [0.1, 0.15) is 5.82 Å². The molecule has 0 heterocycles. The fraction of sp³-hybridized carbons (Fsp3) is 0.286. The van der Waals surface area contributed by atoms with E-state index in [-0.39, 0.29) is 24.0 Å². The van der Waals surface area contributed by atoms with Gasteiger partial charge in [-0.1, -0.05) is 26.0 Å². The maximum Gasteiger partial charge on any atom is 0.310 e. The van der Waals surface area contributed by atoms with Crippen molar-refractivity contribution < 1.29 is 23.5 Å². The van der Waals surface area contributed by atoms with E-state index in [9.17, 15) is 18.8 Å². The zero-order valence-corrected chi connectivity index (χ0v) is 15.5. The van der Waals surface area contributed by atoms with Crippen LogP contribution in [-0.4, -0.2) is 23.8 Å². The van der Waals surface area contributed by atoms with Gasteiger partial charge in [0.15, 0.2) is 6.10 Å². The van der Waals surface area contributed by atoms with Crippen molar-refractivity contribution in [1.29, 1.82) is 0 Å². The van der Waals surface area contributed by atoms with Crippen LogP contribution < -0.4 is 5.32 Å². The summed E-state index contributed by atoms with van der Waals surface area (Å²) < 4.78 is 18.3. The van der Waals surface area contributed by atoms with E-state index in [0.717, 1.165) is 0 Å². The molecule has 5 nitrogen and oxygen atoms in total. The highest BCUT2D eigenvalue weighted by atomic mass is 19.1. The van der Waals surface area contributed by atoms with Gasteiger partial charge in [-0.2, -0.15) is 0 Å². The minimum atomic E-state index is -0.970. The molecule has 1 N–H and O–H groups in total. The fourth-order valence-electron chi connectivity index (χ4n) is 2.35. The summed E-state index contributed by atoms with van der Waals surface area (Å²) in [5.74, 6) is -1.67. The number of carbonyl (C=O) groups is 3. The van der Waals surface area contributed by atoms with Gasteiger partial charge in [0, 0.05) is 17.2 Å². The fourth-order valence-corrected chi connectivity index (χ4v) is 2.35. The summed E-state index contributed by atoms with van der Waals surface area (Å²) in [5.41, 5.74) is 1.43. The highest BCUT2D eigenvalue weighted by Crippen LogP contribution is 2.14. The SMILES string of the molecule is CC(C)C(=O)Nc1ccc(C(=O)C(C)OC(=O)Cc2cccc(F)c2)cc1. The minimum Gasteiger partial charge on any atom is -0.454 e. The Kier molecular flexibility index (Phi) is 6.82. The van der Waals surface area contributed by atoms with Crippen molar-refractivity contribution in [3.05, 3.63) is 65.5 Å². The molecule has 2 aromatic rings. The maximum absolute atomic E-state index is 13.2. The number of hydrogen-bond donors (Lipinski definition) is 1. The normalized spacial score (nSPS) is 11.7. The Morgan fingerprint density at radius 2 is 1.70 bits per heavy atom. The van der Waals surface area contributed by atoms with E-state index >= 15 is 0 Å². The smallest absolute Gasteiger partial charge is 0.310 e. The molecular weight excluding hydrogens is 349 g/mol. The molecule has 0 spiro atoms. The second-order valence-corrected chi connectivity index (χ2v) is 6.52.